The summed E-state index contributed by atoms with van der Waals surface area (Å²) in [5.74, 6) is 0.341. The maximum atomic E-state index is 12.8. The number of rotatable bonds is 3. The fraction of sp³-hybridized carbons (Fsp3) is 0.333. The smallest absolute Gasteiger partial charge is 0.251 e. The van der Waals surface area contributed by atoms with Gasteiger partial charge in [0.25, 0.3) is 5.91 Å². The highest BCUT2D eigenvalue weighted by Crippen LogP contribution is 2.34. The van der Waals surface area contributed by atoms with Crippen molar-refractivity contribution in [1.82, 2.24) is 9.78 Å². The molecule has 0 saturated heterocycles. The number of hydrogen-bond donors (Lipinski definition) is 0. The normalized spacial score (nSPS) is 15.7. The first-order valence-electron chi connectivity index (χ1n) is 7.15. The average Bonchev–Trinajstić information content (AvgIpc) is 3.06. The molecule has 8 heteroatoms. The molecule has 1 aromatic heterocycles. The van der Waals surface area contributed by atoms with Crippen LogP contribution < -0.4 is 9.64 Å². The lowest BCUT2D eigenvalue weighted by Gasteiger charge is -2.31. The van der Waals surface area contributed by atoms with Gasteiger partial charge in [-0.3, -0.25) is 9.48 Å². The minimum atomic E-state index is -3.36. The first-order chi connectivity index (χ1) is 10.9. The summed E-state index contributed by atoms with van der Waals surface area (Å²) in [5, 5.41) is 4.09. The van der Waals surface area contributed by atoms with Gasteiger partial charge in [-0.2, -0.15) is 5.10 Å². The molecule has 0 fully saturated rings. The van der Waals surface area contributed by atoms with Crippen molar-refractivity contribution in [2.45, 2.75) is 17.9 Å². The lowest BCUT2D eigenvalue weighted by molar-refractivity contribution is -0.121. The molecule has 1 unspecified atom stereocenters. The Morgan fingerprint density at radius 2 is 2.17 bits per heavy atom. The zero-order valence-electron chi connectivity index (χ0n) is 12.8. The minimum Gasteiger partial charge on any atom is -0.490 e. The lowest BCUT2D eigenvalue weighted by Crippen LogP contribution is -2.41. The Bertz CT molecular complexity index is 830. The first kappa shape index (κ1) is 15.5. The van der Waals surface area contributed by atoms with Crippen LogP contribution in [0.1, 0.15) is 13.0 Å². The Hall–Kier alpha value is -2.35. The zero-order valence-corrected chi connectivity index (χ0v) is 13.7. The van der Waals surface area contributed by atoms with Crippen LogP contribution in [0.2, 0.25) is 0 Å². The summed E-state index contributed by atoms with van der Waals surface area (Å²) in [7, 11) is -3.36. The number of ether oxygens (including phenoxy) is 1. The molecule has 0 bridgehead atoms. The van der Waals surface area contributed by atoms with Crippen molar-refractivity contribution >= 4 is 21.4 Å². The fourth-order valence-corrected chi connectivity index (χ4v) is 3.15. The Kier molecular flexibility index (Phi) is 3.85. The van der Waals surface area contributed by atoms with Crippen molar-refractivity contribution in [2.75, 3.05) is 24.3 Å². The molecule has 1 amide bonds. The molecule has 0 N–H and O–H groups in total. The molecule has 23 heavy (non-hydrogen) atoms. The van der Waals surface area contributed by atoms with Crippen LogP contribution in [0, 0.1) is 0 Å². The van der Waals surface area contributed by atoms with E-state index in [2.05, 4.69) is 5.10 Å². The van der Waals surface area contributed by atoms with Crippen molar-refractivity contribution in [1.29, 1.82) is 0 Å². The number of fused-ring (bicyclic) bond motifs is 1. The highest BCUT2D eigenvalue weighted by Gasteiger charge is 2.29. The Morgan fingerprint density at radius 1 is 1.39 bits per heavy atom. The zero-order chi connectivity index (χ0) is 16.6. The molecule has 7 nitrogen and oxygen atoms in total. The Morgan fingerprint density at radius 3 is 2.83 bits per heavy atom. The van der Waals surface area contributed by atoms with Crippen LogP contribution >= 0.6 is 0 Å². The summed E-state index contributed by atoms with van der Waals surface area (Å²) < 4.78 is 30.6. The number of sulfone groups is 1. The molecule has 1 atom stereocenters. The van der Waals surface area contributed by atoms with Crippen molar-refractivity contribution in [3.05, 3.63) is 36.7 Å². The van der Waals surface area contributed by atoms with E-state index in [1.165, 1.54) is 12.1 Å². The molecular weight excluding hydrogens is 318 g/mol. The van der Waals surface area contributed by atoms with Gasteiger partial charge in [0.2, 0.25) is 0 Å². The summed E-state index contributed by atoms with van der Waals surface area (Å²) >= 11 is 0. The van der Waals surface area contributed by atoms with E-state index in [0.29, 0.717) is 24.6 Å². The summed E-state index contributed by atoms with van der Waals surface area (Å²) in [4.78, 5) is 14.5. The Labute approximate surface area is 134 Å². The number of carbonyl (C=O) groups is 1. The van der Waals surface area contributed by atoms with Gasteiger partial charge in [0, 0.05) is 18.6 Å². The summed E-state index contributed by atoms with van der Waals surface area (Å²) in [5.41, 5.74) is 0.475. The number of aromatic nitrogens is 2. The quantitative estimate of drug-likeness (QED) is 0.844. The number of amides is 1. The third-order valence-electron chi connectivity index (χ3n) is 3.77. The van der Waals surface area contributed by atoms with Crippen LogP contribution in [0.3, 0.4) is 0 Å². The Balaban J connectivity index is 1.99. The van der Waals surface area contributed by atoms with Gasteiger partial charge in [0.1, 0.15) is 18.4 Å². The third-order valence-corrected chi connectivity index (χ3v) is 4.88. The van der Waals surface area contributed by atoms with Gasteiger partial charge in [-0.05, 0) is 31.2 Å². The molecule has 1 aliphatic rings. The number of nitrogens with zero attached hydrogens (tertiary/aromatic N) is 3. The first-order valence-corrected chi connectivity index (χ1v) is 9.04. The van der Waals surface area contributed by atoms with Crippen molar-refractivity contribution in [3.63, 3.8) is 0 Å². The van der Waals surface area contributed by atoms with Gasteiger partial charge < -0.3 is 9.64 Å². The third kappa shape index (κ3) is 2.94. The van der Waals surface area contributed by atoms with Crippen molar-refractivity contribution in [3.8, 4) is 5.75 Å². The lowest BCUT2D eigenvalue weighted by atomic mass is 10.2. The molecule has 2 heterocycles. The predicted octanol–water partition coefficient (Wildman–Crippen LogP) is 1.27. The summed E-state index contributed by atoms with van der Waals surface area (Å²) in [6.45, 7) is 2.48. The van der Waals surface area contributed by atoms with E-state index in [4.69, 9.17) is 4.74 Å². The molecule has 0 radical (unpaired) electrons. The number of benzene rings is 1. The molecular formula is C15H17N3O4S. The summed E-state index contributed by atoms with van der Waals surface area (Å²) in [6, 6.07) is 5.82. The van der Waals surface area contributed by atoms with Gasteiger partial charge in [-0.15, -0.1) is 0 Å². The number of anilines is 1. The minimum absolute atomic E-state index is 0.159. The van der Waals surface area contributed by atoms with E-state index in [1.54, 1.807) is 41.0 Å². The SMILES string of the molecule is CC(C(=O)N1CCOc2ccc(S(C)(=O)=O)cc21)n1cccn1. The van der Waals surface area contributed by atoms with E-state index >= 15 is 0 Å². The highest BCUT2D eigenvalue weighted by molar-refractivity contribution is 7.90. The van der Waals surface area contributed by atoms with Crippen LogP contribution in [0.4, 0.5) is 5.69 Å². The van der Waals surface area contributed by atoms with Crippen LogP contribution in [0.5, 0.6) is 5.75 Å². The van der Waals surface area contributed by atoms with Gasteiger partial charge in [-0.25, -0.2) is 8.42 Å². The van der Waals surface area contributed by atoms with Crippen LogP contribution in [0.25, 0.3) is 0 Å². The second-order valence-electron chi connectivity index (χ2n) is 5.40. The monoisotopic (exact) mass is 335 g/mol. The highest BCUT2D eigenvalue weighted by atomic mass is 32.2. The van der Waals surface area contributed by atoms with Crippen molar-refractivity contribution < 1.29 is 17.9 Å². The van der Waals surface area contributed by atoms with E-state index in [9.17, 15) is 13.2 Å². The maximum Gasteiger partial charge on any atom is 0.251 e. The average molecular weight is 335 g/mol. The van der Waals surface area contributed by atoms with Crippen LogP contribution in [-0.4, -0.2) is 43.5 Å². The molecule has 1 aliphatic heterocycles. The van der Waals surface area contributed by atoms with Gasteiger partial charge in [-0.1, -0.05) is 0 Å². The predicted molar refractivity (Wildman–Crippen MR) is 84.3 cm³/mol. The molecule has 0 spiro atoms. The fourth-order valence-electron chi connectivity index (χ4n) is 2.51. The molecule has 0 saturated carbocycles. The van der Waals surface area contributed by atoms with Crippen molar-refractivity contribution in [2.24, 2.45) is 0 Å². The number of hydrogen-bond acceptors (Lipinski definition) is 5. The van der Waals surface area contributed by atoms with Crippen LogP contribution in [0.15, 0.2) is 41.6 Å². The molecule has 3 rings (SSSR count). The van der Waals surface area contributed by atoms with E-state index < -0.39 is 15.9 Å². The second kappa shape index (κ2) is 5.69. The standard InChI is InChI=1S/C15H17N3O4S/c1-11(18-7-3-6-16-18)15(19)17-8-9-22-14-5-4-12(10-13(14)17)23(2,20)21/h3-7,10-11H,8-9H2,1-2H3. The molecule has 2 aromatic rings. The van der Waals surface area contributed by atoms with Gasteiger partial charge in [0.15, 0.2) is 9.84 Å². The summed E-state index contributed by atoms with van der Waals surface area (Å²) in [6.07, 6.45) is 4.46. The van der Waals surface area contributed by atoms with Gasteiger partial charge in [0.05, 0.1) is 17.1 Å². The topological polar surface area (TPSA) is 81.5 Å². The molecule has 0 aliphatic carbocycles. The van der Waals surface area contributed by atoms with Crippen LogP contribution in [-0.2, 0) is 14.6 Å². The molecule has 122 valence electrons. The second-order valence-corrected chi connectivity index (χ2v) is 7.42. The maximum absolute atomic E-state index is 12.8. The largest absolute Gasteiger partial charge is 0.490 e. The van der Waals surface area contributed by atoms with E-state index in [1.807, 2.05) is 0 Å². The van der Waals surface area contributed by atoms with E-state index in [0.717, 1.165) is 6.26 Å². The molecule has 1 aromatic carbocycles. The van der Waals surface area contributed by atoms with E-state index in [-0.39, 0.29) is 10.8 Å². The number of carbonyl (C=O) groups excluding carboxylic acids is 1. The van der Waals surface area contributed by atoms with Gasteiger partial charge >= 0.3 is 0 Å².